The second kappa shape index (κ2) is 5.58. The van der Waals surface area contributed by atoms with Gasteiger partial charge in [-0.2, -0.15) is 0 Å². The fraction of sp³-hybridized carbons (Fsp3) is 0.500. The van der Waals surface area contributed by atoms with Crippen LogP contribution in [0.3, 0.4) is 0 Å². The average molecular weight is 277 g/mol. The highest BCUT2D eigenvalue weighted by Gasteiger charge is 2.24. The minimum atomic E-state index is -0.491. The molecule has 1 N–H and O–H groups in total. The van der Waals surface area contributed by atoms with Crippen LogP contribution in [-0.4, -0.2) is 35.9 Å². The molecule has 0 bridgehead atoms. The van der Waals surface area contributed by atoms with Crippen LogP contribution in [0.15, 0.2) is 18.2 Å². The summed E-state index contributed by atoms with van der Waals surface area (Å²) >= 11 is 0. The fourth-order valence-electron chi connectivity index (χ4n) is 2.70. The standard InChI is InChI=1S/C14H19N3O3/c1-9-7-16(8-10(2)15-9)12-4-5-13(11(3)18)14(6-12)17(19)20/h4-6,9-10,15H,7-8H2,1-3H3/t9-,10+. The van der Waals surface area contributed by atoms with Gasteiger partial charge in [-0.05, 0) is 32.9 Å². The van der Waals surface area contributed by atoms with Gasteiger partial charge in [0.05, 0.1) is 10.5 Å². The van der Waals surface area contributed by atoms with E-state index >= 15 is 0 Å². The molecule has 0 unspecified atom stereocenters. The predicted octanol–water partition coefficient (Wildman–Crippen LogP) is 1.98. The molecule has 1 aliphatic heterocycles. The van der Waals surface area contributed by atoms with Crippen molar-refractivity contribution in [1.29, 1.82) is 0 Å². The Balaban J connectivity index is 2.36. The SMILES string of the molecule is CC(=O)c1ccc(N2C[C@@H](C)N[C@@H](C)C2)cc1[N+](=O)[O-]. The van der Waals surface area contributed by atoms with Gasteiger partial charge in [-0.25, -0.2) is 0 Å². The van der Waals surface area contributed by atoms with Crippen LogP contribution < -0.4 is 10.2 Å². The molecule has 0 spiro atoms. The van der Waals surface area contributed by atoms with Crippen molar-refractivity contribution in [3.8, 4) is 0 Å². The monoisotopic (exact) mass is 277 g/mol. The molecular weight excluding hydrogens is 258 g/mol. The lowest BCUT2D eigenvalue weighted by Gasteiger charge is -2.37. The van der Waals surface area contributed by atoms with E-state index < -0.39 is 4.92 Å². The minimum absolute atomic E-state index is 0.117. The smallest absolute Gasteiger partial charge is 0.282 e. The number of benzene rings is 1. The third-order valence-corrected chi connectivity index (χ3v) is 3.48. The number of carbonyl (C=O) groups is 1. The van der Waals surface area contributed by atoms with Crippen LogP contribution in [0.4, 0.5) is 11.4 Å². The van der Waals surface area contributed by atoms with E-state index in [2.05, 4.69) is 24.1 Å². The number of rotatable bonds is 3. The van der Waals surface area contributed by atoms with Crippen molar-refractivity contribution < 1.29 is 9.72 Å². The molecule has 6 nitrogen and oxygen atoms in total. The van der Waals surface area contributed by atoms with Gasteiger partial charge in [-0.15, -0.1) is 0 Å². The van der Waals surface area contributed by atoms with Crippen LogP contribution in [0.25, 0.3) is 0 Å². The van der Waals surface area contributed by atoms with E-state index in [0.717, 1.165) is 18.8 Å². The third-order valence-electron chi connectivity index (χ3n) is 3.48. The number of nitrogens with one attached hydrogen (secondary N) is 1. The molecule has 1 heterocycles. The lowest BCUT2D eigenvalue weighted by molar-refractivity contribution is -0.385. The summed E-state index contributed by atoms with van der Waals surface area (Å²) in [6.07, 6.45) is 0. The van der Waals surface area contributed by atoms with Crippen molar-refractivity contribution in [2.75, 3.05) is 18.0 Å². The van der Waals surface area contributed by atoms with Crippen molar-refractivity contribution >= 4 is 17.2 Å². The van der Waals surface area contributed by atoms with Crippen LogP contribution in [-0.2, 0) is 0 Å². The highest BCUT2D eigenvalue weighted by molar-refractivity contribution is 5.98. The van der Waals surface area contributed by atoms with E-state index in [4.69, 9.17) is 0 Å². The summed E-state index contributed by atoms with van der Waals surface area (Å²) in [4.78, 5) is 24.2. The number of hydrogen-bond acceptors (Lipinski definition) is 5. The molecule has 1 aromatic carbocycles. The molecule has 6 heteroatoms. The molecule has 1 fully saturated rings. The quantitative estimate of drug-likeness (QED) is 0.519. The Labute approximate surface area is 117 Å². The van der Waals surface area contributed by atoms with Gasteiger partial charge in [0.2, 0.25) is 0 Å². The molecule has 0 amide bonds. The van der Waals surface area contributed by atoms with E-state index in [0.29, 0.717) is 12.1 Å². The number of anilines is 1. The summed E-state index contributed by atoms with van der Waals surface area (Å²) in [7, 11) is 0. The van der Waals surface area contributed by atoms with E-state index in [1.165, 1.54) is 13.0 Å². The maximum atomic E-state index is 11.4. The Morgan fingerprint density at radius 2 is 1.95 bits per heavy atom. The molecule has 108 valence electrons. The number of nitrogens with zero attached hydrogens (tertiary/aromatic N) is 2. The van der Waals surface area contributed by atoms with Gasteiger partial charge >= 0.3 is 0 Å². The molecule has 0 aromatic heterocycles. The number of nitro groups is 1. The molecule has 1 saturated heterocycles. The Bertz CT molecular complexity index is 534. The van der Waals surface area contributed by atoms with Crippen molar-refractivity contribution in [2.24, 2.45) is 0 Å². The Kier molecular flexibility index (Phi) is 4.04. The summed E-state index contributed by atoms with van der Waals surface area (Å²) in [5.41, 5.74) is 0.839. The molecule has 2 rings (SSSR count). The van der Waals surface area contributed by atoms with Crippen LogP contribution in [0.5, 0.6) is 0 Å². The summed E-state index contributed by atoms with van der Waals surface area (Å²) in [6, 6.07) is 5.49. The summed E-state index contributed by atoms with van der Waals surface area (Å²) in [5.74, 6) is -0.287. The molecule has 0 radical (unpaired) electrons. The molecule has 1 aromatic rings. The van der Waals surface area contributed by atoms with Gasteiger partial charge in [-0.1, -0.05) is 0 Å². The van der Waals surface area contributed by atoms with Gasteiger partial charge in [0, 0.05) is 36.9 Å². The minimum Gasteiger partial charge on any atom is -0.368 e. The van der Waals surface area contributed by atoms with Crippen molar-refractivity contribution in [3.63, 3.8) is 0 Å². The topological polar surface area (TPSA) is 75.5 Å². The first-order valence-electron chi connectivity index (χ1n) is 6.69. The zero-order valence-electron chi connectivity index (χ0n) is 11.9. The van der Waals surface area contributed by atoms with E-state index in [9.17, 15) is 14.9 Å². The van der Waals surface area contributed by atoms with Crippen LogP contribution >= 0.6 is 0 Å². The van der Waals surface area contributed by atoms with Crippen LogP contribution in [0.1, 0.15) is 31.1 Å². The van der Waals surface area contributed by atoms with Gasteiger partial charge in [-0.3, -0.25) is 14.9 Å². The molecular formula is C14H19N3O3. The third kappa shape index (κ3) is 2.96. The lowest BCUT2D eigenvalue weighted by atomic mass is 10.1. The molecule has 1 aliphatic rings. The van der Waals surface area contributed by atoms with Crippen LogP contribution in [0, 0.1) is 10.1 Å². The van der Waals surface area contributed by atoms with Gasteiger partial charge in [0.25, 0.3) is 5.69 Å². The first kappa shape index (κ1) is 14.5. The fourth-order valence-corrected chi connectivity index (χ4v) is 2.70. The summed E-state index contributed by atoms with van der Waals surface area (Å²) < 4.78 is 0. The first-order valence-corrected chi connectivity index (χ1v) is 6.69. The molecule has 0 aliphatic carbocycles. The van der Waals surface area contributed by atoms with Crippen molar-refractivity contribution in [1.82, 2.24) is 5.32 Å². The molecule has 0 saturated carbocycles. The zero-order valence-corrected chi connectivity index (χ0v) is 11.9. The Hall–Kier alpha value is -1.95. The number of hydrogen-bond donors (Lipinski definition) is 1. The highest BCUT2D eigenvalue weighted by Crippen LogP contribution is 2.27. The molecule has 2 atom stereocenters. The second-order valence-corrected chi connectivity index (χ2v) is 5.39. The number of carbonyl (C=O) groups excluding carboxylic acids is 1. The number of ketones is 1. The number of Topliss-reactive ketones (excluding diaryl/α,β-unsaturated/α-hetero) is 1. The number of nitro benzene ring substituents is 1. The van der Waals surface area contributed by atoms with Gasteiger partial charge < -0.3 is 10.2 Å². The van der Waals surface area contributed by atoms with Gasteiger partial charge in [0.1, 0.15) is 0 Å². The first-order chi connectivity index (χ1) is 9.38. The molecule has 20 heavy (non-hydrogen) atoms. The predicted molar refractivity (Wildman–Crippen MR) is 77.4 cm³/mol. The summed E-state index contributed by atoms with van der Waals surface area (Å²) in [6.45, 7) is 7.10. The Morgan fingerprint density at radius 1 is 1.35 bits per heavy atom. The maximum absolute atomic E-state index is 11.4. The average Bonchev–Trinajstić information content (AvgIpc) is 2.36. The maximum Gasteiger partial charge on any atom is 0.282 e. The summed E-state index contributed by atoms with van der Waals surface area (Å²) in [5, 5.41) is 14.5. The zero-order chi connectivity index (χ0) is 14.9. The van der Waals surface area contributed by atoms with Crippen molar-refractivity contribution in [3.05, 3.63) is 33.9 Å². The second-order valence-electron chi connectivity index (χ2n) is 5.39. The highest BCUT2D eigenvalue weighted by atomic mass is 16.6. The Morgan fingerprint density at radius 3 is 2.45 bits per heavy atom. The largest absolute Gasteiger partial charge is 0.368 e. The van der Waals surface area contributed by atoms with E-state index in [1.54, 1.807) is 12.1 Å². The normalized spacial score (nSPS) is 22.6. The van der Waals surface area contributed by atoms with E-state index in [1.807, 2.05) is 0 Å². The number of piperazine rings is 1. The van der Waals surface area contributed by atoms with Gasteiger partial charge in [0.15, 0.2) is 5.78 Å². The lowest BCUT2D eigenvalue weighted by Crippen LogP contribution is -2.54. The van der Waals surface area contributed by atoms with Crippen molar-refractivity contribution in [2.45, 2.75) is 32.9 Å². The van der Waals surface area contributed by atoms with Crippen LogP contribution in [0.2, 0.25) is 0 Å². The van der Waals surface area contributed by atoms with E-state index in [-0.39, 0.29) is 17.0 Å².